The van der Waals surface area contributed by atoms with Crippen LogP contribution in [0.15, 0.2) is 29.3 Å². The summed E-state index contributed by atoms with van der Waals surface area (Å²) in [6.07, 6.45) is 0. The van der Waals surface area contributed by atoms with E-state index in [-0.39, 0.29) is 5.82 Å². The zero-order valence-electron chi connectivity index (χ0n) is 8.87. The second-order valence-corrected chi connectivity index (χ2v) is 4.33. The van der Waals surface area contributed by atoms with Crippen LogP contribution in [0.4, 0.5) is 14.9 Å². The molecule has 2 amide bonds. The highest BCUT2D eigenvalue weighted by atomic mass is 32.2. The van der Waals surface area contributed by atoms with E-state index in [1.54, 1.807) is 0 Å². The van der Waals surface area contributed by atoms with E-state index in [0.717, 1.165) is 12.3 Å². The van der Waals surface area contributed by atoms with Crippen LogP contribution in [-0.4, -0.2) is 23.5 Å². The Morgan fingerprint density at radius 3 is 2.76 bits per heavy atom. The van der Waals surface area contributed by atoms with E-state index in [2.05, 4.69) is 21.2 Å². The largest absolute Gasteiger partial charge is 0.337 e. The maximum Gasteiger partial charge on any atom is 0.337 e. The van der Waals surface area contributed by atoms with Crippen molar-refractivity contribution in [3.05, 3.63) is 30.1 Å². The van der Waals surface area contributed by atoms with Crippen molar-refractivity contribution in [2.45, 2.75) is 0 Å². The van der Waals surface area contributed by atoms with Crippen molar-refractivity contribution in [3.8, 4) is 0 Å². The molecule has 1 aliphatic heterocycles. The van der Waals surface area contributed by atoms with Gasteiger partial charge in [-0.2, -0.15) is 0 Å². The van der Waals surface area contributed by atoms with Gasteiger partial charge in [0.25, 0.3) is 0 Å². The monoisotopic (exact) mass is 254 g/mol. The lowest BCUT2D eigenvalue weighted by atomic mass is 10.3. The second kappa shape index (κ2) is 5.53. The van der Waals surface area contributed by atoms with Gasteiger partial charge in [-0.15, -0.1) is 0 Å². The number of hydrazine groups is 1. The highest BCUT2D eigenvalue weighted by Crippen LogP contribution is 2.09. The van der Waals surface area contributed by atoms with Crippen molar-refractivity contribution in [3.63, 3.8) is 0 Å². The molecule has 2 rings (SSSR count). The highest BCUT2D eigenvalue weighted by Gasteiger charge is 2.07. The summed E-state index contributed by atoms with van der Waals surface area (Å²) in [6.45, 7) is 0.758. The van der Waals surface area contributed by atoms with Gasteiger partial charge in [-0.05, 0) is 24.3 Å². The Bertz CT molecular complexity index is 434. The number of hydrogen-bond acceptors (Lipinski definition) is 4. The number of amides is 2. The molecule has 0 spiro atoms. The molecule has 0 saturated carbocycles. The standard InChI is InChI=1S/C10H11FN4OS/c11-7-1-3-8(4-2-7)13-9(16)14-15-10-12-5-6-17-10/h1-4H,5-6H2,(H,12,15)(H2,13,14,16). The third-order valence-electron chi connectivity index (χ3n) is 1.97. The zero-order valence-corrected chi connectivity index (χ0v) is 9.68. The van der Waals surface area contributed by atoms with Crippen molar-refractivity contribution < 1.29 is 9.18 Å². The zero-order chi connectivity index (χ0) is 12.1. The Hall–Kier alpha value is -1.76. The quantitative estimate of drug-likeness (QED) is 0.666. The lowest BCUT2D eigenvalue weighted by molar-refractivity contribution is 0.250. The lowest BCUT2D eigenvalue weighted by Gasteiger charge is -2.08. The number of aliphatic imine (C=N–C) groups is 1. The van der Waals surface area contributed by atoms with E-state index >= 15 is 0 Å². The third kappa shape index (κ3) is 3.63. The number of urea groups is 1. The number of halogens is 1. The van der Waals surface area contributed by atoms with E-state index in [1.165, 1.54) is 36.0 Å². The molecule has 0 bridgehead atoms. The van der Waals surface area contributed by atoms with E-state index in [4.69, 9.17) is 0 Å². The Kier molecular flexibility index (Phi) is 3.81. The number of nitrogens with one attached hydrogen (secondary N) is 3. The number of carbonyl (C=O) groups excluding carboxylic acids is 1. The number of hydrogen-bond donors (Lipinski definition) is 3. The van der Waals surface area contributed by atoms with E-state index < -0.39 is 6.03 Å². The predicted molar refractivity (Wildman–Crippen MR) is 66.5 cm³/mol. The smallest absolute Gasteiger partial charge is 0.307 e. The summed E-state index contributed by atoms with van der Waals surface area (Å²) in [5.74, 6) is 0.578. The average molecular weight is 254 g/mol. The molecule has 3 N–H and O–H groups in total. The maximum atomic E-state index is 12.6. The van der Waals surface area contributed by atoms with Gasteiger partial charge in [0, 0.05) is 11.4 Å². The van der Waals surface area contributed by atoms with Crippen molar-refractivity contribution in [1.82, 2.24) is 10.9 Å². The molecular weight excluding hydrogens is 243 g/mol. The van der Waals surface area contributed by atoms with Crippen LogP contribution in [0, 0.1) is 5.82 Å². The fourth-order valence-corrected chi connectivity index (χ4v) is 1.90. The van der Waals surface area contributed by atoms with E-state index in [9.17, 15) is 9.18 Å². The molecule has 1 heterocycles. The minimum atomic E-state index is -0.424. The Morgan fingerprint density at radius 1 is 1.35 bits per heavy atom. The molecule has 90 valence electrons. The predicted octanol–water partition coefficient (Wildman–Crippen LogP) is 1.55. The second-order valence-electron chi connectivity index (χ2n) is 3.25. The van der Waals surface area contributed by atoms with E-state index in [1.807, 2.05) is 0 Å². The molecule has 0 aromatic heterocycles. The Labute approximate surface area is 102 Å². The van der Waals surface area contributed by atoms with Crippen LogP contribution >= 0.6 is 11.8 Å². The summed E-state index contributed by atoms with van der Waals surface area (Å²) in [7, 11) is 0. The normalized spacial score (nSPS) is 14.1. The minimum absolute atomic E-state index is 0.342. The number of benzene rings is 1. The van der Waals surface area contributed by atoms with Crippen LogP contribution < -0.4 is 16.2 Å². The van der Waals surface area contributed by atoms with Crippen LogP contribution in [0.5, 0.6) is 0 Å². The molecule has 0 unspecified atom stereocenters. The van der Waals surface area contributed by atoms with Crippen LogP contribution in [0.25, 0.3) is 0 Å². The molecule has 1 aromatic rings. The number of amidine groups is 1. The maximum absolute atomic E-state index is 12.6. The van der Waals surface area contributed by atoms with Crippen molar-refractivity contribution >= 4 is 28.6 Å². The number of carbonyl (C=O) groups is 1. The van der Waals surface area contributed by atoms with Crippen LogP contribution in [0.1, 0.15) is 0 Å². The summed E-state index contributed by atoms with van der Waals surface area (Å²) in [5, 5.41) is 3.24. The fourth-order valence-electron chi connectivity index (χ4n) is 1.22. The summed E-state index contributed by atoms with van der Waals surface area (Å²) in [5.41, 5.74) is 5.65. The number of nitrogens with zero attached hydrogens (tertiary/aromatic N) is 1. The minimum Gasteiger partial charge on any atom is -0.307 e. The van der Waals surface area contributed by atoms with Gasteiger partial charge in [0.05, 0.1) is 6.54 Å². The average Bonchev–Trinajstić information content (AvgIpc) is 2.83. The molecule has 5 nitrogen and oxygen atoms in total. The van der Waals surface area contributed by atoms with Gasteiger partial charge in [0.1, 0.15) is 5.82 Å². The van der Waals surface area contributed by atoms with Crippen molar-refractivity contribution in [2.24, 2.45) is 4.99 Å². The van der Waals surface area contributed by atoms with Crippen LogP contribution in [0.2, 0.25) is 0 Å². The van der Waals surface area contributed by atoms with Crippen molar-refractivity contribution in [2.75, 3.05) is 17.6 Å². The van der Waals surface area contributed by atoms with Crippen LogP contribution in [0.3, 0.4) is 0 Å². The van der Waals surface area contributed by atoms with Gasteiger partial charge < -0.3 is 5.32 Å². The first-order valence-electron chi connectivity index (χ1n) is 5.00. The van der Waals surface area contributed by atoms with Gasteiger partial charge in [-0.1, -0.05) is 11.8 Å². The first kappa shape index (κ1) is 11.7. The number of rotatable bonds is 1. The topological polar surface area (TPSA) is 65.5 Å². The molecule has 0 atom stereocenters. The summed E-state index contributed by atoms with van der Waals surface area (Å²) < 4.78 is 12.6. The van der Waals surface area contributed by atoms with Gasteiger partial charge in [0.2, 0.25) is 0 Å². The highest BCUT2D eigenvalue weighted by molar-refractivity contribution is 8.14. The number of anilines is 1. The van der Waals surface area contributed by atoms with Crippen LogP contribution in [-0.2, 0) is 0 Å². The first-order valence-corrected chi connectivity index (χ1v) is 5.98. The first-order chi connectivity index (χ1) is 8.24. The summed E-state index contributed by atoms with van der Waals surface area (Å²) in [6, 6.07) is 5.10. The van der Waals surface area contributed by atoms with Gasteiger partial charge >= 0.3 is 6.03 Å². The number of thioether (sulfide) groups is 1. The van der Waals surface area contributed by atoms with Gasteiger partial charge in [-0.25, -0.2) is 14.6 Å². The van der Waals surface area contributed by atoms with E-state index in [0.29, 0.717) is 10.9 Å². The van der Waals surface area contributed by atoms with Crippen molar-refractivity contribution in [1.29, 1.82) is 0 Å². The fraction of sp³-hybridized carbons (Fsp3) is 0.200. The molecule has 1 aromatic carbocycles. The Balaban J connectivity index is 1.78. The molecule has 1 aliphatic rings. The molecule has 0 fully saturated rings. The molecule has 0 saturated heterocycles. The van der Waals surface area contributed by atoms with Gasteiger partial charge in [-0.3, -0.25) is 10.4 Å². The third-order valence-corrected chi connectivity index (χ3v) is 2.86. The molecule has 0 aliphatic carbocycles. The Morgan fingerprint density at radius 2 is 2.12 bits per heavy atom. The molecule has 17 heavy (non-hydrogen) atoms. The summed E-state index contributed by atoms with van der Waals surface area (Å²) in [4.78, 5) is 15.5. The SMILES string of the molecule is O=C(NNC1=NCCS1)Nc1ccc(F)cc1. The molecule has 7 heteroatoms. The lowest BCUT2D eigenvalue weighted by Crippen LogP contribution is -2.42. The van der Waals surface area contributed by atoms with Gasteiger partial charge in [0.15, 0.2) is 5.17 Å². The summed E-state index contributed by atoms with van der Waals surface area (Å²) >= 11 is 1.54. The molecular formula is C10H11FN4OS. The molecule has 0 radical (unpaired) electrons.